The van der Waals surface area contributed by atoms with Crippen molar-refractivity contribution in [3.8, 4) is 0 Å². The minimum Gasteiger partial charge on any atom is -0.391 e. The lowest BCUT2D eigenvalue weighted by molar-refractivity contribution is -0.136. The molecule has 1 saturated heterocycles. The molecule has 7 unspecified atom stereocenters. The van der Waals surface area contributed by atoms with E-state index in [1.165, 1.54) is 13.8 Å². The number of hydrogen-bond donors (Lipinski definition) is 8. The first-order valence-corrected chi connectivity index (χ1v) is 16.6. The van der Waals surface area contributed by atoms with Crippen molar-refractivity contribution in [2.45, 2.75) is 83.3 Å². The molecule has 3 rings (SSSR count). The summed E-state index contributed by atoms with van der Waals surface area (Å²) in [7, 11) is 0. The van der Waals surface area contributed by atoms with Gasteiger partial charge in [-0.1, -0.05) is 80.9 Å². The second kappa shape index (κ2) is 19.0. The second-order valence-corrected chi connectivity index (χ2v) is 12.4. The molecule has 1 heterocycles. The van der Waals surface area contributed by atoms with Gasteiger partial charge in [0, 0.05) is 12.8 Å². The molecular formula is C35H47N7O8. The molecule has 7 atom stereocenters. The van der Waals surface area contributed by atoms with Crippen molar-refractivity contribution in [3.05, 3.63) is 71.8 Å². The summed E-state index contributed by atoms with van der Waals surface area (Å²) < 4.78 is 0. The van der Waals surface area contributed by atoms with Crippen LogP contribution >= 0.6 is 0 Å². The highest BCUT2D eigenvalue weighted by Crippen LogP contribution is 2.11. The zero-order chi connectivity index (χ0) is 36.8. The van der Waals surface area contributed by atoms with Crippen LogP contribution in [-0.2, 0) is 46.4 Å². The van der Waals surface area contributed by atoms with Gasteiger partial charge in [-0.05, 0) is 30.9 Å². The average molecular weight is 694 g/mol. The van der Waals surface area contributed by atoms with E-state index < -0.39 is 96.7 Å². The maximum atomic E-state index is 13.7. The van der Waals surface area contributed by atoms with Crippen molar-refractivity contribution in [1.29, 1.82) is 0 Å². The predicted molar refractivity (Wildman–Crippen MR) is 183 cm³/mol. The molecule has 0 aromatic heterocycles. The Morgan fingerprint density at radius 2 is 1.08 bits per heavy atom. The van der Waals surface area contributed by atoms with Crippen LogP contribution in [0.1, 0.15) is 45.2 Å². The normalized spacial score (nSPS) is 24.8. The van der Waals surface area contributed by atoms with Crippen molar-refractivity contribution < 1.29 is 38.7 Å². The Morgan fingerprint density at radius 1 is 0.600 bits per heavy atom. The first kappa shape index (κ1) is 39.1. The van der Waals surface area contributed by atoms with Crippen LogP contribution < -0.4 is 37.2 Å². The number of rotatable bonds is 7. The summed E-state index contributed by atoms with van der Waals surface area (Å²) in [6.45, 7) is 5.06. The fourth-order valence-electron chi connectivity index (χ4n) is 5.19. The first-order chi connectivity index (χ1) is 23.8. The first-order valence-electron chi connectivity index (χ1n) is 16.6. The molecular weight excluding hydrogens is 646 g/mol. The largest absolute Gasteiger partial charge is 0.391 e. The standard InChI is InChI=1S/C35H47N7O8/c1-5-20(2)29-34(49)40-25(16-23-12-8-6-9-13-23)32(47)37-18-27(44)39-26(17-24-14-10-7-11-15-24)33(48)38-21(3)31(46)36-19-28(45)41-30(22(4)43)35(50)42-29/h6-15,20-22,25-26,29-30,43H,5,16-19H2,1-4H3,(H,36,46)(H,37,47)(H,38,48)(H,39,44)(H,40,49)(H,41,45)(H,42,50). The van der Waals surface area contributed by atoms with Crippen LogP contribution in [0, 0.1) is 5.92 Å². The summed E-state index contributed by atoms with van der Waals surface area (Å²) in [6, 6.07) is 11.6. The van der Waals surface area contributed by atoms with Gasteiger partial charge in [-0.25, -0.2) is 0 Å². The van der Waals surface area contributed by atoms with Gasteiger partial charge in [0.05, 0.1) is 19.2 Å². The van der Waals surface area contributed by atoms with E-state index in [-0.39, 0.29) is 12.8 Å². The third-order valence-electron chi connectivity index (χ3n) is 8.32. The summed E-state index contributed by atoms with van der Waals surface area (Å²) in [5.41, 5.74) is 1.43. The fraction of sp³-hybridized carbons (Fsp3) is 0.457. The van der Waals surface area contributed by atoms with Crippen LogP contribution in [-0.4, -0.2) is 95.9 Å². The number of aliphatic hydroxyl groups is 1. The maximum Gasteiger partial charge on any atom is 0.245 e. The number of carbonyl (C=O) groups excluding carboxylic acids is 7. The molecule has 270 valence electrons. The Labute approximate surface area is 291 Å². The molecule has 1 aliphatic heterocycles. The highest BCUT2D eigenvalue weighted by molar-refractivity contribution is 5.97. The lowest BCUT2D eigenvalue weighted by atomic mass is 9.96. The third kappa shape index (κ3) is 12.0. The monoisotopic (exact) mass is 693 g/mol. The van der Waals surface area contributed by atoms with E-state index in [1.54, 1.807) is 74.5 Å². The van der Waals surface area contributed by atoms with E-state index in [4.69, 9.17) is 0 Å². The van der Waals surface area contributed by atoms with Gasteiger partial charge >= 0.3 is 0 Å². The highest BCUT2D eigenvalue weighted by atomic mass is 16.3. The molecule has 50 heavy (non-hydrogen) atoms. The minimum absolute atomic E-state index is 0.0471. The molecule has 0 bridgehead atoms. The number of hydrogen-bond acceptors (Lipinski definition) is 8. The number of amides is 7. The summed E-state index contributed by atoms with van der Waals surface area (Å²) >= 11 is 0. The van der Waals surface area contributed by atoms with Crippen molar-refractivity contribution in [2.24, 2.45) is 5.92 Å². The lowest BCUT2D eigenvalue weighted by Gasteiger charge is -2.29. The van der Waals surface area contributed by atoms with Gasteiger partial charge in [-0.2, -0.15) is 0 Å². The number of aliphatic hydroxyl groups excluding tert-OH is 1. The van der Waals surface area contributed by atoms with Crippen molar-refractivity contribution in [3.63, 3.8) is 0 Å². The van der Waals surface area contributed by atoms with E-state index in [2.05, 4.69) is 37.2 Å². The Balaban J connectivity index is 1.96. The summed E-state index contributed by atoms with van der Waals surface area (Å²) in [5.74, 6) is -5.64. The van der Waals surface area contributed by atoms with Crippen LogP contribution in [0.15, 0.2) is 60.7 Å². The van der Waals surface area contributed by atoms with Crippen molar-refractivity contribution in [2.75, 3.05) is 13.1 Å². The minimum atomic E-state index is -1.50. The van der Waals surface area contributed by atoms with Crippen LogP contribution in [0.5, 0.6) is 0 Å². The molecule has 7 amide bonds. The number of benzene rings is 2. The summed E-state index contributed by atoms with van der Waals surface area (Å²) in [4.78, 5) is 92.6. The molecule has 8 N–H and O–H groups in total. The molecule has 15 heteroatoms. The lowest BCUT2D eigenvalue weighted by Crippen LogP contribution is -2.61. The van der Waals surface area contributed by atoms with Gasteiger partial charge in [0.15, 0.2) is 0 Å². The molecule has 1 aliphatic rings. The van der Waals surface area contributed by atoms with Crippen molar-refractivity contribution in [1.82, 2.24) is 37.2 Å². The maximum absolute atomic E-state index is 13.7. The predicted octanol–water partition coefficient (Wildman–Crippen LogP) is -1.41. The molecule has 2 aromatic carbocycles. The van der Waals surface area contributed by atoms with Gasteiger partial charge in [0.1, 0.15) is 30.2 Å². The van der Waals surface area contributed by atoms with E-state index in [0.717, 1.165) is 0 Å². The fourth-order valence-corrected chi connectivity index (χ4v) is 5.19. The third-order valence-corrected chi connectivity index (χ3v) is 8.32. The van der Waals surface area contributed by atoms with Crippen molar-refractivity contribution >= 4 is 41.4 Å². The summed E-state index contributed by atoms with van der Waals surface area (Å²) in [5, 5.41) is 28.1. The van der Waals surface area contributed by atoms with E-state index in [0.29, 0.717) is 17.5 Å². The van der Waals surface area contributed by atoms with E-state index >= 15 is 0 Å². The van der Waals surface area contributed by atoms with Gasteiger partial charge in [0.2, 0.25) is 41.4 Å². The molecule has 0 spiro atoms. The zero-order valence-corrected chi connectivity index (χ0v) is 28.7. The molecule has 0 aliphatic carbocycles. The van der Waals surface area contributed by atoms with Gasteiger partial charge in [-0.3, -0.25) is 33.6 Å². The highest BCUT2D eigenvalue weighted by Gasteiger charge is 2.34. The van der Waals surface area contributed by atoms with E-state index in [1.807, 2.05) is 0 Å². The quantitative estimate of drug-likeness (QED) is 0.172. The molecule has 0 saturated carbocycles. The second-order valence-electron chi connectivity index (χ2n) is 12.4. The molecule has 1 fully saturated rings. The Kier molecular flexibility index (Phi) is 14.9. The van der Waals surface area contributed by atoms with Crippen LogP contribution in [0.4, 0.5) is 0 Å². The molecule has 0 radical (unpaired) electrons. The van der Waals surface area contributed by atoms with Gasteiger partial charge in [-0.15, -0.1) is 0 Å². The SMILES string of the molecule is CCC(C)C1NC(=O)C(C(C)O)NC(=O)CNC(=O)C(C)NC(=O)C(Cc2ccccc2)NC(=O)CNC(=O)C(Cc2ccccc2)NC1=O. The van der Waals surface area contributed by atoms with Gasteiger partial charge < -0.3 is 42.3 Å². The Hall–Kier alpha value is -5.31. The molecule has 15 nitrogen and oxygen atoms in total. The number of carbonyl (C=O) groups is 7. The summed E-state index contributed by atoms with van der Waals surface area (Å²) in [6.07, 6.45) is -0.834. The molecule has 2 aromatic rings. The zero-order valence-electron chi connectivity index (χ0n) is 28.7. The Bertz CT molecular complexity index is 1500. The number of nitrogens with one attached hydrogen (secondary N) is 7. The smallest absolute Gasteiger partial charge is 0.245 e. The Morgan fingerprint density at radius 3 is 1.60 bits per heavy atom. The average Bonchev–Trinajstić information content (AvgIpc) is 3.09. The van der Waals surface area contributed by atoms with Crippen LogP contribution in [0.25, 0.3) is 0 Å². The topological polar surface area (TPSA) is 224 Å². The van der Waals surface area contributed by atoms with Crippen LogP contribution in [0.2, 0.25) is 0 Å². The van der Waals surface area contributed by atoms with E-state index in [9.17, 15) is 38.7 Å². The van der Waals surface area contributed by atoms with Gasteiger partial charge in [0.25, 0.3) is 0 Å². The van der Waals surface area contributed by atoms with Crippen LogP contribution in [0.3, 0.4) is 0 Å².